The standard InChI is InChI=1S/C13H17NO4/c1-8(7-15)9(2)14-12(16)10-5-3-4-6-11(10)13(17)18/h3-6,8-9,15H,7H2,1-2H3,(H,14,16)(H,17,18). The second-order valence-corrected chi connectivity index (χ2v) is 4.27. The SMILES string of the molecule is CC(CO)C(C)NC(=O)c1ccccc1C(=O)O. The lowest BCUT2D eigenvalue weighted by Crippen LogP contribution is -2.38. The minimum absolute atomic E-state index is 0.0288. The highest BCUT2D eigenvalue weighted by atomic mass is 16.4. The van der Waals surface area contributed by atoms with E-state index < -0.39 is 11.9 Å². The molecule has 0 fully saturated rings. The minimum atomic E-state index is -1.14. The number of aliphatic hydroxyl groups excluding tert-OH is 1. The average Bonchev–Trinajstić information content (AvgIpc) is 2.37. The van der Waals surface area contributed by atoms with Crippen molar-refractivity contribution in [1.29, 1.82) is 0 Å². The molecule has 1 rings (SSSR count). The summed E-state index contributed by atoms with van der Waals surface area (Å²) in [5.74, 6) is -1.67. The highest BCUT2D eigenvalue weighted by Gasteiger charge is 2.19. The third-order valence-electron chi connectivity index (χ3n) is 2.90. The van der Waals surface area contributed by atoms with E-state index in [-0.39, 0.29) is 29.7 Å². The number of amides is 1. The maximum Gasteiger partial charge on any atom is 0.336 e. The van der Waals surface area contributed by atoms with E-state index in [1.165, 1.54) is 12.1 Å². The molecule has 98 valence electrons. The van der Waals surface area contributed by atoms with Gasteiger partial charge in [0, 0.05) is 12.6 Å². The zero-order valence-electron chi connectivity index (χ0n) is 10.4. The summed E-state index contributed by atoms with van der Waals surface area (Å²) in [7, 11) is 0. The van der Waals surface area contributed by atoms with Crippen LogP contribution in [0.15, 0.2) is 24.3 Å². The van der Waals surface area contributed by atoms with Crippen molar-refractivity contribution in [1.82, 2.24) is 5.32 Å². The molecule has 1 aromatic rings. The summed E-state index contributed by atoms with van der Waals surface area (Å²) >= 11 is 0. The van der Waals surface area contributed by atoms with Gasteiger partial charge in [0.15, 0.2) is 0 Å². The van der Waals surface area contributed by atoms with Crippen molar-refractivity contribution in [3.8, 4) is 0 Å². The first-order chi connectivity index (χ1) is 8.47. The number of aromatic carboxylic acids is 1. The molecule has 1 aromatic carbocycles. The molecule has 0 bridgehead atoms. The van der Waals surface area contributed by atoms with E-state index in [2.05, 4.69) is 5.32 Å². The van der Waals surface area contributed by atoms with Gasteiger partial charge in [0.1, 0.15) is 0 Å². The molecule has 0 saturated heterocycles. The summed E-state index contributed by atoms with van der Waals surface area (Å²) in [5.41, 5.74) is 0.0980. The van der Waals surface area contributed by atoms with Crippen molar-refractivity contribution in [2.75, 3.05) is 6.61 Å². The molecule has 3 N–H and O–H groups in total. The van der Waals surface area contributed by atoms with E-state index in [0.29, 0.717) is 0 Å². The van der Waals surface area contributed by atoms with Gasteiger partial charge in [-0.1, -0.05) is 19.1 Å². The first-order valence-corrected chi connectivity index (χ1v) is 5.71. The molecule has 0 aliphatic carbocycles. The van der Waals surface area contributed by atoms with Gasteiger partial charge in [-0.15, -0.1) is 0 Å². The molecule has 0 aliphatic heterocycles. The lowest BCUT2D eigenvalue weighted by Gasteiger charge is -2.19. The number of benzene rings is 1. The molecule has 18 heavy (non-hydrogen) atoms. The van der Waals surface area contributed by atoms with Gasteiger partial charge < -0.3 is 15.5 Å². The van der Waals surface area contributed by atoms with Crippen molar-refractivity contribution in [2.24, 2.45) is 5.92 Å². The van der Waals surface area contributed by atoms with Gasteiger partial charge in [0.2, 0.25) is 0 Å². The maximum absolute atomic E-state index is 11.9. The Hall–Kier alpha value is -1.88. The van der Waals surface area contributed by atoms with Crippen LogP contribution in [0.3, 0.4) is 0 Å². The number of rotatable bonds is 5. The fraction of sp³-hybridized carbons (Fsp3) is 0.385. The molecule has 2 unspecified atom stereocenters. The molecule has 0 aliphatic rings. The van der Waals surface area contributed by atoms with E-state index in [1.54, 1.807) is 26.0 Å². The predicted octanol–water partition coefficient (Wildman–Crippen LogP) is 1.13. The van der Waals surface area contributed by atoms with Crippen LogP contribution in [0, 0.1) is 5.92 Å². The van der Waals surface area contributed by atoms with Gasteiger partial charge in [0.25, 0.3) is 5.91 Å². The Morgan fingerprint density at radius 1 is 1.22 bits per heavy atom. The molecule has 1 amide bonds. The summed E-state index contributed by atoms with van der Waals surface area (Å²) in [6, 6.07) is 5.80. The van der Waals surface area contributed by atoms with E-state index in [4.69, 9.17) is 10.2 Å². The Morgan fingerprint density at radius 3 is 2.28 bits per heavy atom. The molecule has 2 atom stereocenters. The Labute approximate surface area is 105 Å². The van der Waals surface area contributed by atoms with Gasteiger partial charge >= 0.3 is 5.97 Å². The number of carboxylic acid groups (broad SMARTS) is 1. The van der Waals surface area contributed by atoms with Gasteiger partial charge in [-0.2, -0.15) is 0 Å². The monoisotopic (exact) mass is 251 g/mol. The number of nitrogens with one attached hydrogen (secondary N) is 1. The van der Waals surface area contributed by atoms with E-state index in [0.717, 1.165) is 0 Å². The summed E-state index contributed by atoms with van der Waals surface area (Å²) < 4.78 is 0. The fourth-order valence-corrected chi connectivity index (χ4v) is 1.45. The summed E-state index contributed by atoms with van der Waals surface area (Å²) in [6.07, 6.45) is 0. The zero-order valence-corrected chi connectivity index (χ0v) is 10.4. The molecular formula is C13H17NO4. The normalized spacial score (nSPS) is 13.7. The van der Waals surface area contributed by atoms with Gasteiger partial charge in [-0.25, -0.2) is 4.79 Å². The third-order valence-corrected chi connectivity index (χ3v) is 2.90. The van der Waals surface area contributed by atoms with E-state index >= 15 is 0 Å². The summed E-state index contributed by atoms with van der Waals surface area (Å²) in [5, 5.41) is 20.6. The molecule has 0 saturated carbocycles. The van der Waals surface area contributed by atoms with Crippen molar-refractivity contribution in [3.63, 3.8) is 0 Å². The first-order valence-electron chi connectivity index (χ1n) is 5.71. The highest BCUT2D eigenvalue weighted by Crippen LogP contribution is 2.10. The minimum Gasteiger partial charge on any atom is -0.478 e. The number of carbonyl (C=O) groups excluding carboxylic acids is 1. The lowest BCUT2D eigenvalue weighted by molar-refractivity contribution is 0.0689. The van der Waals surface area contributed by atoms with Crippen LogP contribution in [0.25, 0.3) is 0 Å². The van der Waals surface area contributed by atoms with Crippen LogP contribution in [0.4, 0.5) is 0 Å². The number of carboxylic acids is 1. The second-order valence-electron chi connectivity index (χ2n) is 4.27. The van der Waals surface area contributed by atoms with Crippen LogP contribution in [0.1, 0.15) is 34.6 Å². The van der Waals surface area contributed by atoms with Crippen molar-refractivity contribution in [2.45, 2.75) is 19.9 Å². The molecule has 0 spiro atoms. The molecule has 0 aromatic heterocycles. The Morgan fingerprint density at radius 2 is 1.78 bits per heavy atom. The second kappa shape index (κ2) is 6.16. The Balaban J connectivity index is 2.88. The average molecular weight is 251 g/mol. The van der Waals surface area contributed by atoms with Crippen LogP contribution >= 0.6 is 0 Å². The highest BCUT2D eigenvalue weighted by molar-refractivity contribution is 6.04. The topological polar surface area (TPSA) is 86.6 Å². The van der Waals surface area contributed by atoms with Crippen LogP contribution in [-0.2, 0) is 0 Å². The van der Waals surface area contributed by atoms with Crippen LogP contribution in [-0.4, -0.2) is 34.7 Å². The third kappa shape index (κ3) is 3.30. The quantitative estimate of drug-likeness (QED) is 0.732. The van der Waals surface area contributed by atoms with Gasteiger partial charge in [0.05, 0.1) is 11.1 Å². The molecule has 0 heterocycles. The van der Waals surface area contributed by atoms with E-state index in [1.807, 2.05) is 0 Å². The van der Waals surface area contributed by atoms with Gasteiger partial charge in [-0.3, -0.25) is 4.79 Å². The van der Waals surface area contributed by atoms with Crippen molar-refractivity contribution in [3.05, 3.63) is 35.4 Å². The van der Waals surface area contributed by atoms with Crippen LogP contribution < -0.4 is 5.32 Å². The Kier molecular flexibility index (Phi) is 4.85. The van der Waals surface area contributed by atoms with Crippen LogP contribution in [0.5, 0.6) is 0 Å². The summed E-state index contributed by atoms with van der Waals surface area (Å²) in [6.45, 7) is 3.53. The predicted molar refractivity (Wildman–Crippen MR) is 66.6 cm³/mol. The van der Waals surface area contributed by atoms with E-state index in [9.17, 15) is 9.59 Å². The summed E-state index contributed by atoms with van der Waals surface area (Å²) in [4.78, 5) is 22.9. The van der Waals surface area contributed by atoms with Gasteiger partial charge in [-0.05, 0) is 25.0 Å². The molecule has 5 heteroatoms. The van der Waals surface area contributed by atoms with Crippen molar-refractivity contribution < 1.29 is 19.8 Å². The largest absolute Gasteiger partial charge is 0.478 e. The number of hydrogen-bond acceptors (Lipinski definition) is 3. The molecule has 0 radical (unpaired) electrons. The number of hydrogen-bond donors (Lipinski definition) is 3. The first kappa shape index (κ1) is 14.2. The Bertz CT molecular complexity index is 444. The fourth-order valence-electron chi connectivity index (χ4n) is 1.45. The van der Waals surface area contributed by atoms with Crippen molar-refractivity contribution >= 4 is 11.9 Å². The zero-order chi connectivity index (χ0) is 13.7. The molecule has 5 nitrogen and oxygen atoms in total. The number of carbonyl (C=O) groups is 2. The lowest BCUT2D eigenvalue weighted by atomic mass is 10.0. The van der Waals surface area contributed by atoms with Crippen LogP contribution in [0.2, 0.25) is 0 Å². The molecular weight excluding hydrogens is 234 g/mol. The number of aliphatic hydroxyl groups is 1. The maximum atomic E-state index is 11.9. The smallest absolute Gasteiger partial charge is 0.336 e.